The summed E-state index contributed by atoms with van der Waals surface area (Å²) in [6.45, 7) is 18.7. The van der Waals surface area contributed by atoms with Gasteiger partial charge < -0.3 is 24.5 Å². The highest BCUT2D eigenvalue weighted by Crippen LogP contribution is 2.66. The van der Waals surface area contributed by atoms with Crippen molar-refractivity contribution in [3.05, 3.63) is 55.6 Å². The van der Waals surface area contributed by atoms with Crippen LogP contribution in [-0.2, 0) is 19.1 Å². The third-order valence-corrected chi connectivity index (χ3v) is 10.2. The largest absolute Gasteiger partial charge is 0.394 e. The van der Waals surface area contributed by atoms with Crippen molar-refractivity contribution in [1.29, 1.82) is 0 Å². The molecule has 8 atom stereocenters. The molecule has 3 aliphatic rings. The molecule has 42 heavy (non-hydrogen) atoms. The highest BCUT2D eigenvalue weighted by molar-refractivity contribution is 6.03. The number of amides is 3. The second-order valence-electron chi connectivity index (χ2n) is 12.6. The van der Waals surface area contributed by atoms with E-state index in [0.29, 0.717) is 19.5 Å². The SMILES string of the molecule is C=CCN(CCCC)C(=O)C1N([C@@H](CO)[C@@H](C)CC)C(=O)[C@@H]2[C@H](C(=O)N(CC=C)c3ccccc3)[C@@]3(C)OC12CC3C. The number of benzene rings is 1. The van der Waals surface area contributed by atoms with Gasteiger partial charge in [0.05, 0.1) is 30.1 Å². The minimum atomic E-state index is -1.17. The van der Waals surface area contributed by atoms with Crippen LogP contribution in [-0.4, -0.2) is 82.2 Å². The topological polar surface area (TPSA) is 90.4 Å². The monoisotopic (exact) mass is 579 g/mol. The Labute approximate surface area is 251 Å². The number of ether oxygens (including phenoxy) is 1. The Hall–Kier alpha value is -2.97. The van der Waals surface area contributed by atoms with E-state index in [9.17, 15) is 19.5 Å². The van der Waals surface area contributed by atoms with Crippen molar-refractivity contribution in [3.8, 4) is 0 Å². The number of rotatable bonds is 14. The van der Waals surface area contributed by atoms with Crippen LogP contribution in [0.5, 0.6) is 0 Å². The van der Waals surface area contributed by atoms with Gasteiger partial charge in [-0.25, -0.2) is 0 Å². The molecule has 3 heterocycles. The van der Waals surface area contributed by atoms with Crippen molar-refractivity contribution in [3.63, 3.8) is 0 Å². The van der Waals surface area contributed by atoms with Crippen LogP contribution in [0.3, 0.4) is 0 Å². The van der Waals surface area contributed by atoms with Gasteiger partial charge in [-0.3, -0.25) is 14.4 Å². The first-order valence-electron chi connectivity index (χ1n) is 15.6. The summed E-state index contributed by atoms with van der Waals surface area (Å²) >= 11 is 0. The Morgan fingerprint density at radius 3 is 2.40 bits per heavy atom. The Kier molecular flexibility index (Phi) is 9.68. The van der Waals surface area contributed by atoms with E-state index in [1.54, 1.807) is 26.9 Å². The fourth-order valence-corrected chi connectivity index (χ4v) is 7.70. The van der Waals surface area contributed by atoms with E-state index in [0.717, 1.165) is 24.9 Å². The van der Waals surface area contributed by atoms with Crippen molar-refractivity contribution in [2.45, 2.75) is 83.6 Å². The lowest BCUT2D eigenvalue weighted by molar-refractivity contribution is -0.156. The van der Waals surface area contributed by atoms with Gasteiger partial charge in [-0.1, -0.05) is 70.9 Å². The molecule has 0 aromatic heterocycles. The zero-order chi connectivity index (χ0) is 30.8. The van der Waals surface area contributed by atoms with Gasteiger partial charge in [0, 0.05) is 25.3 Å². The minimum absolute atomic E-state index is 0.0612. The number of carbonyl (C=O) groups is 3. The average Bonchev–Trinajstić information content (AvgIpc) is 3.50. The summed E-state index contributed by atoms with van der Waals surface area (Å²) in [5.74, 6) is -2.46. The first kappa shape index (κ1) is 32.0. The maximum Gasteiger partial charge on any atom is 0.248 e. The molecule has 8 heteroatoms. The highest BCUT2D eigenvalue weighted by atomic mass is 16.5. The quantitative estimate of drug-likeness (QED) is 0.329. The van der Waals surface area contributed by atoms with Crippen LogP contribution >= 0.6 is 0 Å². The smallest absolute Gasteiger partial charge is 0.248 e. The lowest BCUT2D eigenvalue weighted by atomic mass is 9.62. The molecule has 1 aromatic carbocycles. The lowest BCUT2D eigenvalue weighted by Gasteiger charge is -2.41. The lowest BCUT2D eigenvalue weighted by Crippen LogP contribution is -2.60. The van der Waals surface area contributed by atoms with Crippen LogP contribution in [0.2, 0.25) is 0 Å². The number of unbranched alkanes of at least 4 members (excludes halogenated alkanes) is 1. The summed E-state index contributed by atoms with van der Waals surface area (Å²) < 4.78 is 6.97. The van der Waals surface area contributed by atoms with E-state index in [-0.39, 0.29) is 42.7 Å². The molecule has 0 radical (unpaired) electrons. The zero-order valence-electron chi connectivity index (χ0n) is 26.0. The van der Waals surface area contributed by atoms with Crippen molar-refractivity contribution in [1.82, 2.24) is 9.80 Å². The summed E-state index contributed by atoms with van der Waals surface area (Å²) in [6.07, 6.45) is 6.32. The first-order valence-corrected chi connectivity index (χ1v) is 15.6. The number of carbonyl (C=O) groups excluding carboxylic acids is 3. The fraction of sp³-hybridized carbons (Fsp3) is 0.618. The molecule has 1 aromatic rings. The maximum atomic E-state index is 14.7. The van der Waals surface area contributed by atoms with Gasteiger partial charge in [-0.05, 0) is 43.7 Å². The molecule has 1 spiro atoms. The predicted octanol–water partition coefficient (Wildman–Crippen LogP) is 4.44. The molecule has 3 unspecified atom stereocenters. The van der Waals surface area contributed by atoms with Crippen molar-refractivity contribution >= 4 is 23.4 Å². The number of anilines is 1. The molecule has 3 amide bonds. The van der Waals surface area contributed by atoms with Crippen LogP contribution in [0, 0.1) is 23.7 Å². The van der Waals surface area contributed by atoms with E-state index in [1.807, 2.05) is 51.1 Å². The Balaban J connectivity index is 1.88. The second kappa shape index (κ2) is 12.7. The highest BCUT2D eigenvalue weighted by Gasteiger charge is 2.80. The Morgan fingerprint density at radius 2 is 1.83 bits per heavy atom. The molecule has 0 aliphatic carbocycles. The van der Waals surface area contributed by atoms with Crippen LogP contribution in [0.4, 0.5) is 5.69 Å². The van der Waals surface area contributed by atoms with Crippen molar-refractivity contribution in [2.24, 2.45) is 23.7 Å². The van der Waals surface area contributed by atoms with Crippen molar-refractivity contribution < 1.29 is 24.2 Å². The second-order valence-corrected chi connectivity index (χ2v) is 12.6. The number of para-hydroxylation sites is 1. The normalized spacial score (nSPS) is 31.0. The van der Waals surface area contributed by atoms with E-state index in [4.69, 9.17) is 4.74 Å². The van der Waals surface area contributed by atoms with Crippen LogP contribution in [0.1, 0.15) is 60.3 Å². The number of aliphatic hydroxyl groups is 1. The van der Waals surface area contributed by atoms with Gasteiger partial charge in [-0.2, -0.15) is 0 Å². The van der Waals surface area contributed by atoms with Crippen LogP contribution in [0.25, 0.3) is 0 Å². The van der Waals surface area contributed by atoms with E-state index < -0.39 is 35.1 Å². The van der Waals surface area contributed by atoms with Gasteiger partial charge in [0.15, 0.2) is 0 Å². The van der Waals surface area contributed by atoms with Gasteiger partial charge in [0.25, 0.3) is 0 Å². The molecule has 3 fully saturated rings. The van der Waals surface area contributed by atoms with Gasteiger partial charge in [0.1, 0.15) is 11.6 Å². The predicted molar refractivity (Wildman–Crippen MR) is 165 cm³/mol. The average molecular weight is 580 g/mol. The Bertz CT molecular complexity index is 1170. The number of nitrogens with zero attached hydrogens (tertiary/aromatic N) is 3. The summed E-state index contributed by atoms with van der Waals surface area (Å²) in [4.78, 5) is 49.0. The maximum absolute atomic E-state index is 14.7. The van der Waals surface area contributed by atoms with E-state index >= 15 is 0 Å². The molecular formula is C34H49N3O5. The van der Waals surface area contributed by atoms with E-state index in [1.165, 1.54) is 0 Å². The molecule has 1 N–H and O–H groups in total. The molecule has 4 rings (SSSR count). The molecule has 230 valence electrons. The third kappa shape index (κ3) is 5.00. The van der Waals surface area contributed by atoms with Gasteiger partial charge in [-0.15, -0.1) is 13.2 Å². The minimum Gasteiger partial charge on any atom is -0.394 e. The molecule has 3 saturated heterocycles. The van der Waals surface area contributed by atoms with Gasteiger partial charge in [0.2, 0.25) is 17.7 Å². The van der Waals surface area contributed by atoms with Crippen LogP contribution < -0.4 is 4.90 Å². The van der Waals surface area contributed by atoms with Crippen molar-refractivity contribution in [2.75, 3.05) is 31.1 Å². The number of aliphatic hydroxyl groups excluding tert-OH is 1. The third-order valence-electron chi connectivity index (χ3n) is 10.2. The number of hydrogen-bond donors (Lipinski definition) is 1. The number of fused-ring (bicyclic) bond motifs is 1. The van der Waals surface area contributed by atoms with Crippen LogP contribution in [0.15, 0.2) is 55.6 Å². The van der Waals surface area contributed by atoms with Gasteiger partial charge >= 0.3 is 0 Å². The molecule has 0 saturated carbocycles. The van der Waals surface area contributed by atoms with E-state index in [2.05, 4.69) is 27.0 Å². The summed E-state index contributed by atoms with van der Waals surface area (Å²) in [5.41, 5.74) is -1.39. The fourth-order valence-electron chi connectivity index (χ4n) is 7.70. The summed E-state index contributed by atoms with van der Waals surface area (Å²) in [7, 11) is 0. The first-order chi connectivity index (χ1) is 20.1. The molecule has 2 bridgehead atoms. The number of hydrogen-bond acceptors (Lipinski definition) is 5. The summed E-state index contributed by atoms with van der Waals surface area (Å²) in [5, 5.41) is 10.6. The summed E-state index contributed by atoms with van der Waals surface area (Å²) in [6, 6.07) is 7.88. The standard InChI is InChI=1S/C34H49N3O5/c1-8-12-20-35(18-9-2)32(41)29-34-21-24(6)33(7,42-34)27(28(34)31(40)37(29)26(22-38)23(5)11-4)30(39)36(19-10-3)25-16-14-13-15-17-25/h9-10,13-17,23-24,26-29,38H,2-3,8,11-12,18-22H2,1,4-7H3/t23-,24?,26-,27+,28-,29?,33-,34?/m0/s1. The molecule has 8 nitrogen and oxygen atoms in total. The molecular weight excluding hydrogens is 530 g/mol. The number of likely N-dealkylation sites (tertiary alicyclic amines) is 1. The zero-order valence-corrected chi connectivity index (χ0v) is 26.0. The Morgan fingerprint density at radius 1 is 1.17 bits per heavy atom. The molecule has 3 aliphatic heterocycles.